The number of alkyl halides is 3. The van der Waals surface area contributed by atoms with Crippen LogP contribution in [0, 0.1) is 11.8 Å². The fourth-order valence-corrected chi connectivity index (χ4v) is 2.67. The third kappa shape index (κ3) is 5.19. The molecule has 1 aliphatic rings. The molecule has 0 bridgehead atoms. The van der Waals surface area contributed by atoms with Gasteiger partial charge in [0.1, 0.15) is 0 Å². The molecule has 1 aromatic rings. The van der Waals surface area contributed by atoms with Crippen molar-refractivity contribution in [3.8, 4) is 0 Å². The van der Waals surface area contributed by atoms with E-state index in [0.717, 1.165) is 12.1 Å². The topological polar surface area (TPSA) is 75.4 Å². The van der Waals surface area contributed by atoms with Crippen molar-refractivity contribution in [1.29, 1.82) is 0 Å². The summed E-state index contributed by atoms with van der Waals surface area (Å²) >= 11 is 0. The van der Waals surface area contributed by atoms with Crippen molar-refractivity contribution in [2.75, 3.05) is 19.6 Å². The minimum atomic E-state index is -4.42. The van der Waals surface area contributed by atoms with Crippen LogP contribution in [0.15, 0.2) is 24.3 Å². The Balaban J connectivity index is 1.96. The van der Waals surface area contributed by atoms with E-state index in [4.69, 9.17) is 5.73 Å². The predicted octanol–water partition coefficient (Wildman–Crippen LogP) is 1.76. The zero-order chi connectivity index (χ0) is 18.6. The van der Waals surface area contributed by atoms with Crippen LogP contribution in [0.5, 0.6) is 0 Å². The van der Waals surface area contributed by atoms with Crippen molar-refractivity contribution in [3.63, 3.8) is 0 Å². The van der Waals surface area contributed by atoms with Gasteiger partial charge in [-0.1, -0.05) is 19.1 Å². The minimum Gasteiger partial charge on any atom is -0.355 e. The van der Waals surface area contributed by atoms with Crippen molar-refractivity contribution in [2.45, 2.75) is 26.1 Å². The summed E-state index contributed by atoms with van der Waals surface area (Å²) in [6, 6.07) is 4.88. The first-order valence-corrected chi connectivity index (χ1v) is 8.12. The maximum Gasteiger partial charge on any atom is 0.416 e. The molecule has 0 aliphatic carbocycles. The van der Waals surface area contributed by atoms with Crippen LogP contribution in [0.25, 0.3) is 0 Å². The summed E-state index contributed by atoms with van der Waals surface area (Å²) in [6.45, 7) is 3.06. The van der Waals surface area contributed by atoms with E-state index in [-0.39, 0.29) is 37.2 Å². The second-order valence-corrected chi connectivity index (χ2v) is 6.46. The van der Waals surface area contributed by atoms with Gasteiger partial charge in [-0.25, -0.2) is 0 Å². The molecule has 3 N–H and O–H groups in total. The number of nitrogens with one attached hydrogen (secondary N) is 1. The number of carbonyl (C=O) groups is 2. The van der Waals surface area contributed by atoms with Gasteiger partial charge in [-0.05, 0) is 30.2 Å². The molecule has 1 fully saturated rings. The summed E-state index contributed by atoms with van der Waals surface area (Å²) in [6.07, 6.45) is -4.35. The molecule has 5 nitrogen and oxygen atoms in total. The number of halogens is 3. The predicted molar refractivity (Wildman–Crippen MR) is 86.2 cm³/mol. The van der Waals surface area contributed by atoms with Crippen molar-refractivity contribution in [2.24, 2.45) is 17.6 Å². The van der Waals surface area contributed by atoms with Gasteiger partial charge >= 0.3 is 6.18 Å². The SMILES string of the molecule is CC(CN)CNC(=O)C1CC(=O)N(Cc2cccc(C(F)(F)F)c2)C1. The maximum atomic E-state index is 12.8. The van der Waals surface area contributed by atoms with Gasteiger partial charge in [0.2, 0.25) is 11.8 Å². The number of likely N-dealkylation sites (tertiary alicyclic amines) is 1. The van der Waals surface area contributed by atoms with E-state index >= 15 is 0 Å². The zero-order valence-electron chi connectivity index (χ0n) is 14.0. The second kappa shape index (κ2) is 7.86. The molecule has 0 radical (unpaired) electrons. The average Bonchev–Trinajstić information content (AvgIpc) is 2.92. The zero-order valence-corrected chi connectivity index (χ0v) is 14.0. The Morgan fingerprint density at radius 1 is 1.44 bits per heavy atom. The van der Waals surface area contributed by atoms with E-state index in [1.54, 1.807) is 6.07 Å². The van der Waals surface area contributed by atoms with Crippen LogP contribution in [0.2, 0.25) is 0 Å². The van der Waals surface area contributed by atoms with Gasteiger partial charge in [0, 0.05) is 26.1 Å². The number of benzene rings is 1. The van der Waals surface area contributed by atoms with E-state index < -0.39 is 17.7 Å². The van der Waals surface area contributed by atoms with E-state index in [1.165, 1.54) is 11.0 Å². The van der Waals surface area contributed by atoms with E-state index in [1.807, 2.05) is 6.92 Å². The maximum absolute atomic E-state index is 12.8. The van der Waals surface area contributed by atoms with Gasteiger partial charge < -0.3 is 16.0 Å². The number of hydrogen-bond acceptors (Lipinski definition) is 3. The number of rotatable bonds is 6. The standard InChI is InChI=1S/C17H22F3N3O2/c1-11(7-21)8-22-16(25)13-6-15(24)23(10-13)9-12-3-2-4-14(5-12)17(18,19)20/h2-5,11,13H,6-10,21H2,1H3,(H,22,25). The van der Waals surface area contributed by atoms with Crippen LogP contribution in [0.1, 0.15) is 24.5 Å². The summed E-state index contributed by atoms with van der Waals surface area (Å²) in [4.78, 5) is 25.6. The number of carbonyl (C=O) groups excluding carboxylic acids is 2. The van der Waals surface area contributed by atoms with Gasteiger partial charge in [-0.3, -0.25) is 9.59 Å². The first-order chi connectivity index (χ1) is 11.7. The van der Waals surface area contributed by atoms with Crippen molar-refractivity contribution >= 4 is 11.8 Å². The Labute approximate surface area is 144 Å². The molecule has 1 heterocycles. The number of hydrogen-bond donors (Lipinski definition) is 2. The lowest BCUT2D eigenvalue weighted by molar-refractivity contribution is -0.137. The first kappa shape index (κ1) is 19.2. The molecule has 25 heavy (non-hydrogen) atoms. The summed E-state index contributed by atoms with van der Waals surface area (Å²) in [5.41, 5.74) is 5.13. The van der Waals surface area contributed by atoms with Gasteiger partial charge in [0.05, 0.1) is 11.5 Å². The first-order valence-electron chi connectivity index (χ1n) is 8.12. The molecule has 2 atom stereocenters. The third-order valence-corrected chi connectivity index (χ3v) is 4.24. The van der Waals surface area contributed by atoms with Crippen molar-refractivity contribution in [1.82, 2.24) is 10.2 Å². The summed E-state index contributed by atoms with van der Waals surface area (Å²) < 4.78 is 38.3. The Hall–Kier alpha value is -2.09. The number of amides is 2. The highest BCUT2D eigenvalue weighted by Gasteiger charge is 2.35. The van der Waals surface area contributed by atoms with E-state index in [2.05, 4.69) is 5.32 Å². The molecule has 1 saturated heterocycles. The van der Waals surface area contributed by atoms with E-state index in [9.17, 15) is 22.8 Å². The van der Waals surface area contributed by atoms with E-state index in [0.29, 0.717) is 18.7 Å². The fraction of sp³-hybridized carbons (Fsp3) is 0.529. The molecule has 0 aromatic heterocycles. The number of nitrogens with zero attached hydrogens (tertiary/aromatic N) is 1. The lowest BCUT2D eigenvalue weighted by atomic mass is 10.1. The van der Waals surface area contributed by atoms with Crippen molar-refractivity contribution < 1.29 is 22.8 Å². The van der Waals surface area contributed by atoms with Gasteiger partial charge in [-0.15, -0.1) is 0 Å². The quantitative estimate of drug-likeness (QED) is 0.815. The normalized spacial score (nSPS) is 19.2. The van der Waals surface area contributed by atoms with Crippen LogP contribution in [0.3, 0.4) is 0 Å². The van der Waals surface area contributed by atoms with Crippen LogP contribution in [-0.4, -0.2) is 36.3 Å². The fourth-order valence-electron chi connectivity index (χ4n) is 2.67. The summed E-state index contributed by atoms with van der Waals surface area (Å²) in [5.74, 6) is -0.796. The Kier molecular flexibility index (Phi) is 6.05. The molecule has 1 aliphatic heterocycles. The lowest BCUT2D eigenvalue weighted by Gasteiger charge is -2.18. The van der Waals surface area contributed by atoms with Gasteiger partial charge in [-0.2, -0.15) is 13.2 Å². The lowest BCUT2D eigenvalue weighted by Crippen LogP contribution is -2.36. The smallest absolute Gasteiger partial charge is 0.355 e. The molecule has 138 valence electrons. The average molecular weight is 357 g/mol. The molecular formula is C17H22F3N3O2. The summed E-state index contributed by atoms with van der Waals surface area (Å²) in [7, 11) is 0. The second-order valence-electron chi connectivity index (χ2n) is 6.46. The highest BCUT2D eigenvalue weighted by molar-refractivity contribution is 5.89. The van der Waals surface area contributed by atoms with Crippen molar-refractivity contribution in [3.05, 3.63) is 35.4 Å². The van der Waals surface area contributed by atoms with Crippen LogP contribution < -0.4 is 11.1 Å². The summed E-state index contributed by atoms with van der Waals surface area (Å²) in [5, 5.41) is 2.76. The Bertz CT molecular complexity index is 634. The Morgan fingerprint density at radius 3 is 2.80 bits per heavy atom. The Morgan fingerprint density at radius 2 is 2.16 bits per heavy atom. The molecule has 2 amide bonds. The van der Waals surface area contributed by atoms with Crippen LogP contribution in [0.4, 0.5) is 13.2 Å². The highest BCUT2D eigenvalue weighted by Crippen LogP contribution is 2.30. The highest BCUT2D eigenvalue weighted by atomic mass is 19.4. The molecule has 0 saturated carbocycles. The third-order valence-electron chi connectivity index (χ3n) is 4.24. The van der Waals surface area contributed by atoms with Gasteiger partial charge in [0.25, 0.3) is 0 Å². The molecule has 8 heteroatoms. The minimum absolute atomic E-state index is 0.0612. The number of nitrogens with two attached hydrogens (primary N) is 1. The molecule has 2 unspecified atom stereocenters. The van der Waals surface area contributed by atoms with Gasteiger partial charge in [0.15, 0.2) is 0 Å². The monoisotopic (exact) mass is 357 g/mol. The molecule has 0 spiro atoms. The molecular weight excluding hydrogens is 335 g/mol. The van der Waals surface area contributed by atoms with Crippen LogP contribution >= 0.6 is 0 Å². The largest absolute Gasteiger partial charge is 0.416 e. The molecule has 1 aromatic carbocycles. The van der Waals surface area contributed by atoms with Crippen LogP contribution in [-0.2, 0) is 22.3 Å². The molecule has 2 rings (SSSR count).